The van der Waals surface area contributed by atoms with Crippen molar-refractivity contribution in [3.05, 3.63) is 34.3 Å². The van der Waals surface area contributed by atoms with Crippen molar-refractivity contribution in [1.82, 2.24) is 24.6 Å². The number of methoxy groups -OCH3 is 1. The summed E-state index contributed by atoms with van der Waals surface area (Å²) in [6.45, 7) is 0.478. The highest BCUT2D eigenvalue weighted by molar-refractivity contribution is 9.10. The smallest absolute Gasteiger partial charge is 0.423 e. The van der Waals surface area contributed by atoms with E-state index in [1.54, 1.807) is 7.11 Å². The molecule has 5 rings (SSSR count). The van der Waals surface area contributed by atoms with Gasteiger partial charge in [0.25, 0.3) is 0 Å². The number of nitrogens with one attached hydrogen (secondary N) is 1. The Morgan fingerprint density at radius 3 is 2.76 bits per heavy atom. The normalized spacial score (nSPS) is 21.3. The van der Waals surface area contributed by atoms with Crippen molar-refractivity contribution in [3.8, 4) is 11.6 Å². The summed E-state index contributed by atoms with van der Waals surface area (Å²) in [6, 6.07) is 1.80. The summed E-state index contributed by atoms with van der Waals surface area (Å²) in [6.07, 6.45) is 0.968. The number of fused-ring (bicyclic) bond motifs is 1. The number of ether oxygens (including phenoxy) is 3. The van der Waals surface area contributed by atoms with E-state index in [2.05, 4.69) is 41.4 Å². The van der Waals surface area contributed by atoms with Gasteiger partial charge in [0.15, 0.2) is 5.65 Å². The summed E-state index contributed by atoms with van der Waals surface area (Å²) in [7, 11) is 1.59. The number of rotatable bonds is 6. The van der Waals surface area contributed by atoms with Gasteiger partial charge >= 0.3 is 6.18 Å². The average molecular weight is 543 g/mol. The Hall–Kier alpha value is -2.67. The Morgan fingerprint density at radius 2 is 2.06 bits per heavy atom. The molecule has 13 heteroatoms. The minimum Gasteiger partial charge on any atom is -0.495 e. The molecule has 1 saturated heterocycles. The van der Waals surface area contributed by atoms with Crippen molar-refractivity contribution in [3.63, 3.8) is 0 Å². The molecule has 182 valence electrons. The van der Waals surface area contributed by atoms with E-state index in [4.69, 9.17) is 14.2 Å². The maximum Gasteiger partial charge on any atom is 0.423 e. The van der Waals surface area contributed by atoms with Crippen LogP contribution in [0.4, 0.5) is 19.1 Å². The number of pyridine rings is 1. The van der Waals surface area contributed by atoms with Gasteiger partial charge in [-0.15, -0.1) is 10.2 Å². The highest BCUT2D eigenvalue weighted by Gasteiger charge is 2.38. The van der Waals surface area contributed by atoms with Gasteiger partial charge in [-0.2, -0.15) is 18.2 Å². The Morgan fingerprint density at radius 1 is 1.24 bits per heavy atom. The second-order valence-electron chi connectivity index (χ2n) is 8.34. The van der Waals surface area contributed by atoms with Crippen LogP contribution in [0.1, 0.15) is 43.0 Å². The number of alkyl halides is 3. The SMILES string of the molecule is COc1ccn2c([C@H]3CCC[C@@H](Nc4ncc(C(F)(F)F)c(OC5COC5)n4)C3)nnc2c1Br. The van der Waals surface area contributed by atoms with E-state index in [1.165, 1.54) is 0 Å². The van der Waals surface area contributed by atoms with Crippen molar-refractivity contribution in [1.29, 1.82) is 0 Å². The fourth-order valence-electron chi connectivity index (χ4n) is 4.26. The minimum atomic E-state index is -4.61. The number of halogens is 4. The standard InChI is InChI=1S/C21H22BrF3N6O3/c1-32-15-5-6-31-17(29-30-18(31)16(15)22)11-3-2-4-12(7-11)27-20-26-8-14(21(23,24)25)19(28-20)34-13-9-33-10-13/h5-6,8,11-13H,2-4,7,9-10H2,1H3,(H,26,27,28)/t11-,12+/m0/s1. The van der Waals surface area contributed by atoms with Crippen LogP contribution < -0.4 is 14.8 Å². The molecule has 0 bridgehead atoms. The summed E-state index contributed by atoms with van der Waals surface area (Å²) in [5, 5.41) is 11.9. The number of hydrogen-bond donors (Lipinski definition) is 1. The molecule has 2 atom stereocenters. The Kier molecular flexibility index (Phi) is 6.23. The van der Waals surface area contributed by atoms with Gasteiger partial charge in [0.1, 0.15) is 27.7 Å². The fourth-order valence-corrected chi connectivity index (χ4v) is 4.82. The molecule has 0 aromatic carbocycles. The minimum absolute atomic E-state index is 0.0376. The van der Waals surface area contributed by atoms with E-state index in [9.17, 15) is 13.2 Å². The third-order valence-corrected chi connectivity index (χ3v) is 6.79. The van der Waals surface area contributed by atoms with Gasteiger partial charge < -0.3 is 19.5 Å². The van der Waals surface area contributed by atoms with Gasteiger partial charge in [-0.25, -0.2) is 4.98 Å². The first kappa shape index (κ1) is 23.1. The molecule has 0 amide bonds. The molecule has 0 radical (unpaired) electrons. The van der Waals surface area contributed by atoms with E-state index in [1.807, 2.05) is 16.7 Å². The van der Waals surface area contributed by atoms with Crippen LogP contribution in [0.25, 0.3) is 5.65 Å². The first-order chi connectivity index (χ1) is 16.3. The molecule has 9 nitrogen and oxygen atoms in total. The van der Waals surface area contributed by atoms with Crippen LogP contribution >= 0.6 is 15.9 Å². The lowest BCUT2D eigenvalue weighted by molar-refractivity contribution is -0.142. The highest BCUT2D eigenvalue weighted by atomic mass is 79.9. The molecule has 0 spiro atoms. The zero-order valence-corrected chi connectivity index (χ0v) is 19.8. The van der Waals surface area contributed by atoms with Crippen LogP contribution in [0.3, 0.4) is 0 Å². The average Bonchev–Trinajstić information content (AvgIpc) is 3.21. The van der Waals surface area contributed by atoms with Crippen LogP contribution in [0, 0.1) is 0 Å². The van der Waals surface area contributed by atoms with Crippen molar-refractivity contribution in [2.24, 2.45) is 0 Å². The summed E-state index contributed by atoms with van der Waals surface area (Å²) in [4.78, 5) is 7.96. The predicted molar refractivity (Wildman–Crippen MR) is 118 cm³/mol. The van der Waals surface area contributed by atoms with Crippen LogP contribution in [0.2, 0.25) is 0 Å². The molecular weight excluding hydrogens is 521 g/mol. The summed E-state index contributed by atoms with van der Waals surface area (Å²) in [5.74, 6) is 1.23. The molecule has 3 aromatic heterocycles. The maximum atomic E-state index is 13.4. The van der Waals surface area contributed by atoms with Gasteiger partial charge in [0, 0.05) is 24.4 Å². The molecule has 2 aliphatic rings. The van der Waals surface area contributed by atoms with Crippen LogP contribution in [0.5, 0.6) is 11.6 Å². The summed E-state index contributed by atoms with van der Waals surface area (Å²) in [5.41, 5.74) is -0.334. The fraction of sp³-hybridized carbons (Fsp3) is 0.524. The third kappa shape index (κ3) is 4.50. The Labute approximate surface area is 201 Å². The van der Waals surface area contributed by atoms with Gasteiger partial charge in [0.2, 0.25) is 11.8 Å². The Bertz CT molecular complexity index is 1190. The molecule has 1 aliphatic heterocycles. The predicted octanol–water partition coefficient (Wildman–Crippen LogP) is 4.23. The zero-order valence-electron chi connectivity index (χ0n) is 18.2. The van der Waals surface area contributed by atoms with Crippen LogP contribution in [-0.2, 0) is 10.9 Å². The monoisotopic (exact) mass is 542 g/mol. The third-order valence-electron chi connectivity index (χ3n) is 6.05. The second-order valence-corrected chi connectivity index (χ2v) is 9.14. The van der Waals surface area contributed by atoms with Gasteiger partial charge in [-0.1, -0.05) is 6.42 Å². The molecule has 34 heavy (non-hydrogen) atoms. The second kappa shape index (κ2) is 9.17. The molecule has 0 unspecified atom stereocenters. The van der Waals surface area contributed by atoms with E-state index < -0.39 is 23.7 Å². The van der Waals surface area contributed by atoms with E-state index >= 15 is 0 Å². The molecular formula is C21H22BrF3N6O3. The lowest BCUT2D eigenvalue weighted by Crippen LogP contribution is -2.39. The summed E-state index contributed by atoms with van der Waals surface area (Å²) >= 11 is 3.51. The van der Waals surface area contributed by atoms with Gasteiger partial charge in [-0.05, 0) is 41.3 Å². The number of anilines is 1. The van der Waals surface area contributed by atoms with E-state index in [0.29, 0.717) is 17.8 Å². The highest BCUT2D eigenvalue weighted by Crippen LogP contribution is 2.38. The maximum absolute atomic E-state index is 13.4. The van der Waals surface area contributed by atoms with E-state index in [-0.39, 0.29) is 31.1 Å². The van der Waals surface area contributed by atoms with Crippen LogP contribution in [0.15, 0.2) is 22.9 Å². The molecule has 1 saturated carbocycles. The van der Waals surface area contributed by atoms with Crippen LogP contribution in [-0.4, -0.2) is 57.0 Å². The van der Waals surface area contributed by atoms with E-state index in [0.717, 1.165) is 35.8 Å². The molecule has 2 fully saturated rings. The lowest BCUT2D eigenvalue weighted by atomic mass is 9.85. The van der Waals surface area contributed by atoms with Crippen molar-refractivity contribution in [2.45, 2.75) is 49.9 Å². The Balaban J connectivity index is 1.34. The number of nitrogens with zero attached hydrogens (tertiary/aromatic N) is 5. The molecule has 1 N–H and O–H groups in total. The lowest BCUT2D eigenvalue weighted by Gasteiger charge is -2.30. The molecule has 3 aromatic rings. The molecule has 1 aliphatic carbocycles. The van der Waals surface area contributed by atoms with Gasteiger partial charge in [0.05, 0.1) is 20.3 Å². The zero-order chi connectivity index (χ0) is 23.9. The van der Waals surface area contributed by atoms with Crippen molar-refractivity contribution < 1.29 is 27.4 Å². The molecule has 4 heterocycles. The summed E-state index contributed by atoms with van der Waals surface area (Å²) < 4.78 is 58.6. The topological polar surface area (TPSA) is 95.7 Å². The number of hydrogen-bond acceptors (Lipinski definition) is 8. The number of aromatic nitrogens is 5. The quantitative estimate of drug-likeness (QED) is 0.494. The first-order valence-corrected chi connectivity index (χ1v) is 11.6. The first-order valence-electron chi connectivity index (χ1n) is 10.9. The van der Waals surface area contributed by atoms with Crippen molar-refractivity contribution >= 4 is 27.5 Å². The largest absolute Gasteiger partial charge is 0.495 e. The van der Waals surface area contributed by atoms with Crippen molar-refractivity contribution in [2.75, 3.05) is 25.6 Å². The van der Waals surface area contributed by atoms with Gasteiger partial charge in [-0.3, -0.25) is 4.40 Å².